The second-order valence-corrected chi connectivity index (χ2v) is 8.84. The minimum atomic E-state index is -1.35. The molecule has 1 aliphatic heterocycles. The normalized spacial score (nSPS) is 21.1. The van der Waals surface area contributed by atoms with Gasteiger partial charge in [-0.05, 0) is 24.1 Å². The number of thioether (sulfide) groups is 1. The third-order valence-electron chi connectivity index (χ3n) is 5.56. The number of nitrogens with two attached hydrogens (primary N) is 1. The number of ether oxygens (including phenoxy) is 1. The summed E-state index contributed by atoms with van der Waals surface area (Å²) in [6.45, 7) is 0.308. The fourth-order valence-corrected chi connectivity index (χ4v) is 4.64. The van der Waals surface area contributed by atoms with E-state index in [2.05, 4.69) is 36.2 Å². The van der Waals surface area contributed by atoms with Crippen molar-refractivity contribution in [2.75, 3.05) is 24.6 Å². The highest BCUT2D eigenvalue weighted by atomic mass is 32.2. The van der Waals surface area contributed by atoms with Gasteiger partial charge in [-0.3, -0.25) is 9.36 Å². The quantitative estimate of drug-likeness (QED) is 0.114. The van der Waals surface area contributed by atoms with Gasteiger partial charge in [0.1, 0.15) is 35.3 Å². The Morgan fingerprint density at radius 1 is 1.39 bits per heavy atom. The third-order valence-corrected chi connectivity index (χ3v) is 6.51. The van der Waals surface area contributed by atoms with Crippen molar-refractivity contribution >= 4 is 34.7 Å². The first kappa shape index (κ1) is 25.2. The van der Waals surface area contributed by atoms with Gasteiger partial charge < -0.3 is 26.0 Å². The lowest BCUT2D eigenvalue weighted by molar-refractivity contribution is -0.118. The van der Waals surface area contributed by atoms with E-state index in [0.717, 1.165) is 22.9 Å². The van der Waals surface area contributed by atoms with E-state index >= 15 is 0 Å². The van der Waals surface area contributed by atoms with Crippen LogP contribution in [0.15, 0.2) is 40.9 Å². The number of carbonyl (C=O) groups excluding carboxylic acids is 1. The first-order chi connectivity index (χ1) is 17.4. The van der Waals surface area contributed by atoms with E-state index in [1.54, 1.807) is 0 Å². The largest absolute Gasteiger partial charge is 0.387 e. The molecule has 1 aromatic carbocycles. The van der Waals surface area contributed by atoms with E-state index in [1.165, 1.54) is 10.9 Å². The van der Waals surface area contributed by atoms with Gasteiger partial charge in [0.05, 0.1) is 5.75 Å². The summed E-state index contributed by atoms with van der Waals surface area (Å²) in [6.07, 6.45) is 2.67. The number of benzene rings is 1. The molecule has 3 heterocycles. The van der Waals surface area contributed by atoms with E-state index in [-0.39, 0.29) is 35.2 Å². The summed E-state index contributed by atoms with van der Waals surface area (Å²) in [6, 6.07) is 7.55. The Bertz CT molecular complexity index is 1350. The van der Waals surface area contributed by atoms with Crippen LogP contribution >= 0.6 is 11.8 Å². The number of carbonyl (C=O) groups is 1. The minimum Gasteiger partial charge on any atom is -0.387 e. The van der Waals surface area contributed by atoms with Crippen LogP contribution in [-0.4, -0.2) is 72.8 Å². The Hall–Kier alpha value is -3.86. The van der Waals surface area contributed by atoms with Gasteiger partial charge in [0.2, 0.25) is 10.8 Å². The van der Waals surface area contributed by atoms with Crippen molar-refractivity contribution in [2.24, 2.45) is 5.11 Å². The maximum atomic E-state index is 12.5. The lowest BCUT2D eigenvalue weighted by Gasteiger charge is -2.19. The molecule has 0 bridgehead atoms. The Balaban J connectivity index is 1.47. The molecule has 0 saturated carbocycles. The highest BCUT2D eigenvalue weighted by Gasteiger charge is 2.46. The highest BCUT2D eigenvalue weighted by molar-refractivity contribution is 7.99. The van der Waals surface area contributed by atoms with Crippen molar-refractivity contribution in [1.29, 1.82) is 5.53 Å². The minimum absolute atomic E-state index is 0.0168. The maximum Gasteiger partial charge on any atom is 0.230 e. The summed E-state index contributed by atoms with van der Waals surface area (Å²) < 4.78 is 7.29. The number of nitrogens with zero attached hydrogens (tertiary/aromatic N) is 6. The van der Waals surface area contributed by atoms with E-state index in [4.69, 9.17) is 22.4 Å². The molecule has 14 heteroatoms. The number of anilines is 1. The predicted octanol–water partition coefficient (Wildman–Crippen LogP) is 0.0104. The Labute approximate surface area is 209 Å². The summed E-state index contributed by atoms with van der Waals surface area (Å²) in [5, 5.41) is 27.8. The molecule has 13 nitrogen and oxygen atoms in total. The number of rotatable bonds is 9. The van der Waals surface area contributed by atoms with Crippen molar-refractivity contribution in [2.45, 2.75) is 36.1 Å². The van der Waals surface area contributed by atoms with Crippen molar-refractivity contribution < 1.29 is 19.7 Å². The number of nitrogens with one attached hydrogen (secondary N) is 2. The molecule has 1 amide bonds. The molecule has 36 heavy (non-hydrogen) atoms. The molecule has 0 aliphatic carbocycles. The second kappa shape index (κ2) is 11.3. The fourth-order valence-electron chi connectivity index (χ4n) is 3.80. The number of hydrogen-bond acceptors (Lipinski definition) is 11. The van der Waals surface area contributed by atoms with E-state index in [9.17, 15) is 15.0 Å². The van der Waals surface area contributed by atoms with Crippen molar-refractivity contribution in [3.8, 4) is 12.3 Å². The third kappa shape index (κ3) is 5.35. The van der Waals surface area contributed by atoms with E-state index in [0.29, 0.717) is 18.1 Å². The average molecular weight is 511 g/mol. The molecule has 3 aromatic rings. The molecule has 4 rings (SSSR count). The molecule has 0 radical (unpaired) electrons. The summed E-state index contributed by atoms with van der Waals surface area (Å²) in [4.78, 5) is 28.0. The first-order valence-corrected chi connectivity index (χ1v) is 11.9. The highest BCUT2D eigenvalue weighted by Crippen LogP contribution is 2.36. The van der Waals surface area contributed by atoms with Crippen molar-refractivity contribution in [3.63, 3.8) is 0 Å². The van der Waals surface area contributed by atoms with Crippen LogP contribution in [0.25, 0.3) is 11.2 Å². The van der Waals surface area contributed by atoms with Crippen LogP contribution in [0.5, 0.6) is 0 Å². The number of nitrogen functional groups attached to an aromatic ring is 1. The summed E-state index contributed by atoms with van der Waals surface area (Å²) in [5.41, 5.74) is 15.1. The number of aliphatic hydroxyl groups is 2. The van der Waals surface area contributed by atoms with Gasteiger partial charge in [-0.25, -0.2) is 15.0 Å². The number of hydrogen-bond donors (Lipinski definition) is 5. The Kier molecular flexibility index (Phi) is 7.89. The topological polar surface area (TPSA) is 199 Å². The molecule has 186 valence electrons. The predicted molar refractivity (Wildman–Crippen MR) is 130 cm³/mol. The summed E-state index contributed by atoms with van der Waals surface area (Å²) >= 11 is 1.10. The Morgan fingerprint density at radius 2 is 2.22 bits per heavy atom. The Morgan fingerprint density at radius 3 is 3.00 bits per heavy atom. The number of amides is 1. The molecule has 1 aliphatic rings. The summed E-state index contributed by atoms with van der Waals surface area (Å²) in [7, 11) is 0. The van der Waals surface area contributed by atoms with Gasteiger partial charge in [-0.1, -0.05) is 29.8 Å². The monoisotopic (exact) mass is 510 g/mol. The zero-order valence-corrected chi connectivity index (χ0v) is 19.8. The van der Waals surface area contributed by atoms with Crippen LogP contribution in [0.3, 0.4) is 0 Å². The van der Waals surface area contributed by atoms with Crippen LogP contribution in [0.4, 0.5) is 5.82 Å². The van der Waals surface area contributed by atoms with Gasteiger partial charge in [-0.2, -0.15) is 0 Å². The van der Waals surface area contributed by atoms with Crippen LogP contribution in [-0.2, 0) is 16.0 Å². The zero-order chi connectivity index (χ0) is 25.7. The van der Waals surface area contributed by atoms with Crippen LogP contribution in [0.1, 0.15) is 17.4 Å². The van der Waals surface area contributed by atoms with Crippen LogP contribution < -0.4 is 16.0 Å². The molecular weight excluding hydrogens is 486 g/mol. The molecule has 0 spiro atoms. The van der Waals surface area contributed by atoms with Crippen molar-refractivity contribution in [3.05, 3.63) is 41.7 Å². The van der Waals surface area contributed by atoms with Crippen LogP contribution in [0, 0.1) is 17.9 Å². The van der Waals surface area contributed by atoms with Crippen LogP contribution in [0.2, 0.25) is 0 Å². The lowest BCUT2D eigenvalue weighted by atomic mass is 10.1. The molecule has 2 aromatic heterocycles. The number of aliphatic hydroxyl groups excluding tert-OH is 2. The SMILES string of the molecule is C#Cc1cccc(CCNC(=O)CSc2nc3c(N)ncnc3n2[C@@H]2O[C@H](CN=[N+]=N)[C@@H](O)[C@H]2O)c1. The van der Waals surface area contributed by atoms with Gasteiger partial charge in [0.25, 0.3) is 0 Å². The standard InChI is InChI=1S/C22H23N9O4S/c1-2-12-4-3-5-13(8-12)6-7-25-15(32)10-36-22-29-16-19(23)26-11-27-20(16)31(22)21-18(34)17(33)14(35-21)9-28-30-24/h1,3-5,8,11,14,17-18,21,24,33-34H,6-7,9-10H2,(H2-,23,25,26,27,32)/p+1/t14-,17-,18-,21-/m1/s1. The number of aromatic nitrogens is 4. The number of imidazole rings is 1. The van der Waals surface area contributed by atoms with E-state index in [1.807, 2.05) is 24.3 Å². The lowest BCUT2D eigenvalue weighted by Crippen LogP contribution is -2.33. The summed E-state index contributed by atoms with van der Waals surface area (Å²) in [5.74, 6) is 2.49. The molecule has 4 atom stereocenters. The molecule has 0 unspecified atom stereocenters. The zero-order valence-electron chi connectivity index (χ0n) is 19.0. The number of fused-ring (bicyclic) bond motifs is 1. The van der Waals surface area contributed by atoms with E-state index < -0.39 is 24.5 Å². The van der Waals surface area contributed by atoms with Gasteiger partial charge >= 0.3 is 0 Å². The van der Waals surface area contributed by atoms with Gasteiger partial charge in [0.15, 0.2) is 34.9 Å². The molecule has 1 fully saturated rings. The number of terminal acetylenes is 1. The first-order valence-electron chi connectivity index (χ1n) is 10.9. The second-order valence-electron chi connectivity index (χ2n) is 7.90. The fraction of sp³-hybridized carbons (Fsp3) is 0.364. The molecular formula is C22H24N9O4S+. The maximum absolute atomic E-state index is 12.5. The molecule has 1 saturated heterocycles. The van der Waals surface area contributed by atoms with Gasteiger partial charge in [0, 0.05) is 12.1 Å². The average Bonchev–Trinajstić information content (AvgIpc) is 3.39. The molecule has 6 N–H and O–H groups in total. The van der Waals surface area contributed by atoms with Crippen molar-refractivity contribution in [1.82, 2.24) is 29.7 Å². The smallest absolute Gasteiger partial charge is 0.230 e. The van der Waals surface area contributed by atoms with Gasteiger partial charge in [-0.15, -0.1) is 6.42 Å².